The van der Waals surface area contributed by atoms with Crippen molar-refractivity contribution in [1.82, 2.24) is 9.88 Å². The number of hydrogen-bond acceptors (Lipinski definition) is 6. The van der Waals surface area contributed by atoms with Crippen LogP contribution < -0.4 is 4.74 Å². The van der Waals surface area contributed by atoms with Crippen molar-refractivity contribution in [2.75, 3.05) is 6.61 Å². The van der Waals surface area contributed by atoms with Gasteiger partial charge in [0.25, 0.3) is 11.7 Å². The van der Waals surface area contributed by atoms with Crippen LogP contribution >= 0.6 is 11.3 Å². The van der Waals surface area contributed by atoms with E-state index in [1.54, 1.807) is 42.7 Å². The fraction of sp³-hybridized carbons (Fsp3) is 0.208. The third kappa shape index (κ3) is 3.96. The molecular weight excluding hydrogens is 412 g/mol. The Morgan fingerprint density at radius 2 is 1.97 bits per heavy atom. The zero-order valence-corrected chi connectivity index (χ0v) is 18.1. The standard InChI is InChI=1S/C24H22N2O4S/c1-3-30-19-7-6-17(13-15(19)2)22(27)20-21(16-8-10-25-11-9-16)26(24(29)23(20)28)14-18-5-4-12-31-18/h4-13,21,27H,3,14H2,1-2H3/b22-20-. The third-order valence-corrected chi connectivity index (χ3v) is 6.08. The van der Waals surface area contributed by atoms with Crippen LogP contribution in [0.1, 0.15) is 34.5 Å². The molecule has 0 aliphatic carbocycles. The number of hydrogen-bond donors (Lipinski definition) is 1. The number of aliphatic hydroxyl groups is 1. The van der Waals surface area contributed by atoms with E-state index >= 15 is 0 Å². The first-order valence-electron chi connectivity index (χ1n) is 9.95. The molecule has 1 atom stereocenters. The third-order valence-electron chi connectivity index (χ3n) is 5.22. The summed E-state index contributed by atoms with van der Waals surface area (Å²) in [5.41, 5.74) is 2.10. The summed E-state index contributed by atoms with van der Waals surface area (Å²) in [4.78, 5) is 32.5. The van der Waals surface area contributed by atoms with Gasteiger partial charge in [0.05, 0.1) is 24.8 Å². The predicted octanol–water partition coefficient (Wildman–Crippen LogP) is 4.47. The van der Waals surface area contributed by atoms with Gasteiger partial charge in [0.15, 0.2) is 0 Å². The minimum absolute atomic E-state index is 0.0799. The first-order chi connectivity index (χ1) is 15.0. The van der Waals surface area contributed by atoms with Crippen LogP contribution in [-0.2, 0) is 16.1 Å². The van der Waals surface area contributed by atoms with Crippen molar-refractivity contribution in [3.63, 3.8) is 0 Å². The summed E-state index contributed by atoms with van der Waals surface area (Å²) < 4.78 is 5.57. The molecular formula is C24H22N2O4S. The number of pyridine rings is 1. The van der Waals surface area contributed by atoms with Crippen molar-refractivity contribution >= 4 is 28.8 Å². The zero-order chi connectivity index (χ0) is 22.0. The van der Waals surface area contributed by atoms with E-state index in [9.17, 15) is 14.7 Å². The molecule has 0 spiro atoms. The Balaban J connectivity index is 1.83. The van der Waals surface area contributed by atoms with Gasteiger partial charge >= 0.3 is 0 Å². The smallest absolute Gasteiger partial charge is 0.295 e. The second kappa shape index (κ2) is 8.73. The van der Waals surface area contributed by atoms with Gasteiger partial charge in [0.1, 0.15) is 11.5 Å². The molecule has 3 heterocycles. The Labute approximate surface area is 184 Å². The Kier molecular flexibility index (Phi) is 5.86. The number of ether oxygens (including phenoxy) is 1. The number of rotatable bonds is 6. The maximum atomic E-state index is 13.1. The second-order valence-electron chi connectivity index (χ2n) is 7.20. The summed E-state index contributed by atoms with van der Waals surface area (Å²) >= 11 is 1.51. The van der Waals surface area contributed by atoms with E-state index in [1.807, 2.05) is 31.4 Å². The largest absolute Gasteiger partial charge is 0.507 e. The van der Waals surface area contributed by atoms with Gasteiger partial charge < -0.3 is 14.7 Å². The molecule has 1 N–H and O–H groups in total. The van der Waals surface area contributed by atoms with Crippen molar-refractivity contribution in [3.8, 4) is 5.75 Å². The van der Waals surface area contributed by atoms with Crippen molar-refractivity contribution in [1.29, 1.82) is 0 Å². The fourth-order valence-electron chi connectivity index (χ4n) is 3.78. The van der Waals surface area contributed by atoms with Crippen LogP contribution in [0.3, 0.4) is 0 Å². The SMILES string of the molecule is CCOc1ccc(/C(O)=C2/C(=O)C(=O)N(Cc3cccs3)C2c2ccncc2)cc1C. The van der Waals surface area contributed by atoms with Gasteiger partial charge in [-0.2, -0.15) is 0 Å². The summed E-state index contributed by atoms with van der Waals surface area (Å²) in [6.07, 6.45) is 3.23. The Bertz CT molecular complexity index is 1140. The number of benzene rings is 1. The number of amides is 1. The van der Waals surface area contributed by atoms with Gasteiger partial charge in [-0.25, -0.2) is 0 Å². The van der Waals surface area contributed by atoms with Gasteiger partial charge in [0.2, 0.25) is 0 Å². The first-order valence-corrected chi connectivity index (χ1v) is 10.8. The molecule has 2 aromatic heterocycles. The number of carbonyl (C=O) groups excluding carboxylic acids is 2. The van der Waals surface area contributed by atoms with Gasteiger partial charge in [-0.3, -0.25) is 14.6 Å². The number of carbonyl (C=O) groups is 2. The highest BCUT2D eigenvalue weighted by atomic mass is 32.1. The summed E-state index contributed by atoms with van der Waals surface area (Å²) in [5.74, 6) is -0.801. The molecule has 31 heavy (non-hydrogen) atoms. The first kappa shape index (κ1) is 20.8. The van der Waals surface area contributed by atoms with E-state index in [-0.39, 0.29) is 17.9 Å². The van der Waals surface area contributed by atoms with E-state index in [1.165, 1.54) is 16.2 Å². The molecule has 6 nitrogen and oxygen atoms in total. The second-order valence-corrected chi connectivity index (χ2v) is 8.23. The van der Waals surface area contributed by atoms with E-state index in [0.29, 0.717) is 17.9 Å². The van der Waals surface area contributed by atoms with Crippen LogP contribution in [0.5, 0.6) is 5.75 Å². The van der Waals surface area contributed by atoms with Crippen molar-refractivity contribution in [3.05, 3.63) is 87.4 Å². The Hall–Kier alpha value is -3.45. The summed E-state index contributed by atoms with van der Waals surface area (Å²) in [6.45, 7) is 4.59. The van der Waals surface area contributed by atoms with Crippen molar-refractivity contribution < 1.29 is 19.4 Å². The van der Waals surface area contributed by atoms with Gasteiger partial charge in [-0.05, 0) is 66.8 Å². The topological polar surface area (TPSA) is 79.7 Å². The number of aliphatic hydroxyl groups excluding tert-OH is 1. The number of ketones is 1. The van der Waals surface area contributed by atoms with E-state index in [4.69, 9.17) is 4.74 Å². The Morgan fingerprint density at radius 1 is 1.19 bits per heavy atom. The predicted molar refractivity (Wildman–Crippen MR) is 119 cm³/mol. The normalized spacial score (nSPS) is 17.9. The van der Waals surface area contributed by atoms with Crippen LogP contribution in [0.4, 0.5) is 0 Å². The molecule has 4 rings (SSSR count). The van der Waals surface area contributed by atoms with E-state index < -0.39 is 17.7 Å². The maximum absolute atomic E-state index is 13.1. The average Bonchev–Trinajstić information content (AvgIpc) is 3.38. The lowest BCUT2D eigenvalue weighted by Crippen LogP contribution is -2.28. The molecule has 0 saturated carbocycles. The average molecular weight is 435 g/mol. The molecule has 7 heteroatoms. The monoisotopic (exact) mass is 434 g/mol. The van der Waals surface area contributed by atoms with E-state index in [2.05, 4.69) is 4.98 Å². The maximum Gasteiger partial charge on any atom is 0.295 e. The molecule has 1 unspecified atom stereocenters. The van der Waals surface area contributed by atoms with Crippen LogP contribution in [0.15, 0.2) is 65.8 Å². The lowest BCUT2D eigenvalue weighted by molar-refractivity contribution is -0.140. The molecule has 0 radical (unpaired) electrons. The fourth-order valence-corrected chi connectivity index (χ4v) is 4.48. The minimum atomic E-state index is -0.697. The molecule has 1 fully saturated rings. The van der Waals surface area contributed by atoms with Gasteiger partial charge in [-0.1, -0.05) is 6.07 Å². The number of thiophene rings is 1. The molecule has 1 saturated heterocycles. The van der Waals surface area contributed by atoms with Crippen molar-refractivity contribution in [2.24, 2.45) is 0 Å². The zero-order valence-electron chi connectivity index (χ0n) is 17.2. The number of aryl methyl sites for hydroxylation is 1. The quantitative estimate of drug-likeness (QED) is 0.352. The highest BCUT2D eigenvalue weighted by Crippen LogP contribution is 2.40. The lowest BCUT2D eigenvalue weighted by Gasteiger charge is -2.24. The summed E-state index contributed by atoms with van der Waals surface area (Å²) in [5, 5.41) is 13.1. The molecule has 0 bridgehead atoms. The van der Waals surface area contributed by atoms with E-state index in [0.717, 1.165) is 16.0 Å². The minimum Gasteiger partial charge on any atom is -0.507 e. The summed E-state index contributed by atoms with van der Waals surface area (Å²) in [6, 6.07) is 11.9. The van der Waals surface area contributed by atoms with Gasteiger partial charge in [0, 0.05) is 22.8 Å². The molecule has 1 aliphatic heterocycles. The molecule has 1 aromatic carbocycles. The van der Waals surface area contributed by atoms with Gasteiger partial charge in [-0.15, -0.1) is 11.3 Å². The number of Topliss-reactive ketones (excluding diaryl/α,β-unsaturated/α-hetero) is 1. The number of likely N-dealkylation sites (tertiary alicyclic amines) is 1. The van der Waals surface area contributed by atoms with Crippen LogP contribution in [0, 0.1) is 6.92 Å². The highest BCUT2D eigenvalue weighted by Gasteiger charge is 2.46. The highest BCUT2D eigenvalue weighted by molar-refractivity contribution is 7.09. The van der Waals surface area contributed by atoms with Crippen LogP contribution in [-0.4, -0.2) is 33.3 Å². The molecule has 158 valence electrons. The summed E-state index contributed by atoms with van der Waals surface area (Å²) in [7, 11) is 0. The molecule has 3 aromatic rings. The molecule has 1 amide bonds. The van der Waals surface area contributed by atoms with Crippen molar-refractivity contribution in [2.45, 2.75) is 26.4 Å². The Morgan fingerprint density at radius 3 is 2.61 bits per heavy atom. The number of aromatic nitrogens is 1. The van der Waals surface area contributed by atoms with Crippen LogP contribution in [0.25, 0.3) is 5.76 Å². The lowest BCUT2D eigenvalue weighted by atomic mass is 9.95. The number of nitrogens with zero attached hydrogens (tertiary/aromatic N) is 2. The van der Waals surface area contributed by atoms with Crippen LogP contribution in [0.2, 0.25) is 0 Å². The molecule has 1 aliphatic rings.